The Kier molecular flexibility index (Phi) is 7.68. The van der Waals surface area contributed by atoms with Gasteiger partial charge in [0, 0.05) is 32.2 Å². The molecule has 1 N–H and O–H groups in total. The van der Waals surface area contributed by atoms with Crippen LogP contribution in [0, 0.1) is 0 Å². The van der Waals surface area contributed by atoms with E-state index in [0.29, 0.717) is 29.5 Å². The smallest absolute Gasteiger partial charge is 0.238 e. The first-order valence-electron chi connectivity index (χ1n) is 8.67. The van der Waals surface area contributed by atoms with Crippen LogP contribution in [-0.2, 0) is 9.59 Å². The molecule has 0 aliphatic carbocycles. The fourth-order valence-corrected chi connectivity index (χ4v) is 3.02. The molecule has 0 aromatic heterocycles. The second kappa shape index (κ2) is 9.75. The van der Waals surface area contributed by atoms with Crippen molar-refractivity contribution in [3.8, 4) is 5.75 Å². The van der Waals surface area contributed by atoms with Crippen LogP contribution in [0.4, 0.5) is 5.69 Å². The van der Waals surface area contributed by atoms with Crippen molar-refractivity contribution in [2.45, 2.75) is 6.42 Å². The Balaban J connectivity index is 1.86. The molecular weight excluding hydrogens is 356 g/mol. The van der Waals surface area contributed by atoms with Gasteiger partial charge in [-0.05, 0) is 37.7 Å². The van der Waals surface area contributed by atoms with E-state index < -0.39 is 0 Å². The molecular formula is C18H27ClN4O3. The van der Waals surface area contributed by atoms with Crippen LogP contribution in [0.15, 0.2) is 18.2 Å². The van der Waals surface area contributed by atoms with Gasteiger partial charge in [-0.2, -0.15) is 0 Å². The largest absolute Gasteiger partial charge is 0.495 e. The van der Waals surface area contributed by atoms with E-state index in [4.69, 9.17) is 16.3 Å². The number of carbonyl (C=O) groups excluding carboxylic acids is 2. The minimum atomic E-state index is -0.108. The first-order valence-corrected chi connectivity index (χ1v) is 9.05. The van der Waals surface area contributed by atoms with E-state index in [0.717, 1.165) is 32.6 Å². The van der Waals surface area contributed by atoms with Crippen molar-refractivity contribution in [1.82, 2.24) is 14.7 Å². The predicted octanol–water partition coefficient (Wildman–Crippen LogP) is 1.38. The monoisotopic (exact) mass is 382 g/mol. The van der Waals surface area contributed by atoms with E-state index in [2.05, 4.69) is 15.1 Å². The number of anilines is 1. The lowest BCUT2D eigenvalue weighted by atomic mass is 10.3. The molecule has 1 fully saturated rings. The van der Waals surface area contributed by atoms with Crippen LogP contribution in [0.3, 0.4) is 0 Å². The summed E-state index contributed by atoms with van der Waals surface area (Å²) >= 11 is 6.00. The van der Waals surface area contributed by atoms with E-state index in [1.165, 1.54) is 0 Å². The Morgan fingerprint density at radius 1 is 1.15 bits per heavy atom. The van der Waals surface area contributed by atoms with Crippen LogP contribution < -0.4 is 10.1 Å². The van der Waals surface area contributed by atoms with Crippen molar-refractivity contribution in [1.29, 1.82) is 0 Å². The number of nitrogens with one attached hydrogen (secondary N) is 1. The third-order valence-corrected chi connectivity index (χ3v) is 4.58. The Labute approximate surface area is 159 Å². The fraction of sp³-hybridized carbons (Fsp3) is 0.556. The molecule has 144 valence electrons. The molecule has 0 unspecified atom stereocenters. The molecule has 0 atom stereocenters. The summed E-state index contributed by atoms with van der Waals surface area (Å²) in [6.45, 7) is 3.93. The zero-order chi connectivity index (χ0) is 19.1. The van der Waals surface area contributed by atoms with Gasteiger partial charge in [0.15, 0.2) is 0 Å². The van der Waals surface area contributed by atoms with Crippen LogP contribution >= 0.6 is 11.6 Å². The van der Waals surface area contributed by atoms with Gasteiger partial charge in [-0.15, -0.1) is 0 Å². The standard InChI is InChI=1S/C18H27ClN4O3/c1-21(2)18(25)13-23-8-4-7-22(9-10-23)12-17(24)20-15-11-14(19)5-6-16(15)26-3/h5-6,11H,4,7-10,12-13H2,1-3H3,(H,20,24). The van der Waals surface area contributed by atoms with Crippen LogP contribution in [0.1, 0.15) is 6.42 Å². The van der Waals surface area contributed by atoms with Gasteiger partial charge < -0.3 is 15.0 Å². The van der Waals surface area contributed by atoms with Crippen molar-refractivity contribution in [2.24, 2.45) is 0 Å². The van der Waals surface area contributed by atoms with E-state index in [1.807, 2.05) is 0 Å². The topological polar surface area (TPSA) is 65.1 Å². The Bertz CT molecular complexity index is 639. The number of likely N-dealkylation sites (N-methyl/N-ethyl adjacent to an activating group) is 1. The molecule has 0 saturated carbocycles. The van der Waals surface area contributed by atoms with Crippen LogP contribution in [-0.4, -0.2) is 87.0 Å². The van der Waals surface area contributed by atoms with Crippen LogP contribution in [0.2, 0.25) is 5.02 Å². The first-order chi connectivity index (χ1) is 12.4. The summed E-state index contributed by atoms with van der Waals surface area (Å²) in [7, 11) is 5.08. The van der Waals surface area contributed by atoms with Crippen molar-refractivity contribution in [3.63, 3.8) is 0 Å². The molecule has 1 saturated heterocycles. The number of amides is 2. The maximum Gasteiger partial charge on any atom is 0.238 e. The molecule has 8 heteroatoms. The minimum Gasteiger partial charge on any atom is -0.495 e. The number of hydrogen-bond acceptors (Lipinski definition) is 5. The quantitative estimate of drug-likeness (QED) is 0.805. The van der Waals surface area contributed by atoms with Crippen molar-refractivity contribution < 1.29 is 14.3 Å². The molecule has 1 aromatic rings. The molecule has 0 radical (unpaired) electrons. The van der Waals surface area contributed by atoms with Gasteiger partial charge in [-0.25, -0.2) is 0 Å². The lowest BCUT2D eigenvalue weighted by Crippen LogP contribution is -2.39. The minimum absolute atomic E-state index is 0.101. The third kappa shape index (κ3) is 6.16. The maximum atomic E-state index is 12.4. The van der Waals surface area contributed by atoms with Gasteiger partial charge in [0.05, 0.1) is 25.9 Å². The highest BCUT2D eigenvalue weighted by Gasteiger charge is 2.19. The Morgan fingerprint density at radius 3 is 2.42 bits per heavy atom. The number of methoxy groups -OCH3 is 1. The van der Waals surface area contributed by atoms with Gasteiger partial charge in [0.25, 0.3) is 0 Å². The SMILES string of the molecule is COc1ccc(Cl)cc1NC(=O)CN1CCCN(CC(=O)N(C)C)CC1. The molecule has 26 heavy (non-hydrogen) atoms. The zero-order valence-corrected chi connectivity index (χ0v) is 16.4. The number of carbonyl (C=O) groups is 2. The van der Waals surface area contributed by atoms with E-state index in [1.54, 1.807) is 44.3 Å². The molecule has 0 spiro atoms. The fourth-order valence-electron chi connectivity index (χ4n) is 2.84. The van der Waals surface area contributed by atoms with E-state index >= 15 is 0 Å². The summed E-state index contributed by atoms with van der Waals surface area (Å²) in [4.78, 5) is 30.1. The molecule has 2 rings (SSSR count). The maximum absolute atomic E-state index is 12.4. The molecule has 1 heterocycles. The second-order valence-electron chi connectivity index (χ2n) is 6.59. The number of nitrogens with zero attached hydrogens (tertiary/aromatic N) is 3. The van der Waals surface area contributed by atoms with Crippen LogP contribution in [0.5, 0.6) is 5.75 Å². The average molecular weight is 383 g/mol. The first kappa shape index (κ1) is 20.5. The highest BCUT2D eigenvalue weighted by atomic mass is 35.5. The van der Waals surface area contributed by atoms with Gasteiger partial charge >= 0.3 is 0 Å². The normalized spacial score (nSPS) is 16.0. The van der Waals surface area contributed by atoms with Crippen molar-refractivity contribution in [2.75, 3.05) is 65.8 Å². The summed E-state index contributed by atoms with van der Waals surface area (Å²) in [5.74, 6) is 0.569. The number of hydrogen-bond donors (Lipinski definition) is 1. The summed E-state index contributed by atoms with van der Waals surface area (Å²) in [6.07, 6.45) is 0.925. The third-order valence-electron chi connectivity index (χ3n) is 4.34. The number of halogens is 1. The molecule has 7 nitrogen and oxygen atoms in total. The van der Waals surface area contributed by atoms with Crippen molar-refractivity contribution in [3.05, 3.63) is 23.2 Å². The molecule has 1 aromatic carbocycles. The molecule has 1 aliphatic heterocycles. The van der Waals surface area contributed by atoms with E-state index in [9.17, 15) is 9.59 Å². The number of rotatable bonds is 6. The van der Waals surface area contributed by atoms with Gasteiger partial charge in [-0.1, -0.05) is 11.6 Å². The summed E-state index contributed by atoms with van der Waals surface area (Å²) in [6, 6.07) is 5.12. The second-order valence-corrected chi connectivity index (χ2v) is 7.02. The Morgan fingerprint density at radius 2 is 1.81 bits per heavy atom. The van der Waals surface area contributed by atoms with Crippen LogP contribution in [0.25, 0.3) is 0 Å². The number of ether oxygens (including phenoxy) is 1. The van der Waals surface area contributed by atoms with Gasteiger partial charge in [0.2, 0.25) is 11.8 Å². The summed E-state index contributed by atoms with van der Waals surface area (Å²) in [5.41, 5.74) is 0.568. The zero-order valence-electron chi connectivity index (χ0n) is 15.6. The van der Waals surface area contributed by atoms with E-state index in [-0.39, 0.29) is 11.8 Å². The Hall–Kier alpha value is -1.83. The van der Waals surface area contributed by atoms with Gasteiger partial charge in [-0.3, -0.25) is 19.4 Å². The molecule has 2 amide bonds. The number of benzene rings is 1. The predicted molar refractivity (Wildman–Crippen MR) is 103 cm³/mol. The highest BCUT2D eigenvalue weighted by Crippen LogP contribution is 2.27. The van der Waals surface area contributed by atoms with Gasteiger partial charge in [0.1, 0.15) is 5.75 Å². The molecule has 1 aliphatic rings. The lowest BCUT2D eigenvalue weighted by molar-refractivity contribution is -0.129. The van der Waals surface area contributed by atoms with Crippen molar-refractivity contribution >= 4 is 29.1 Å². The summed E-state index contributed by atoms with van der Waals surface area (Å²) in [5, 5.41) is 3.40. The average Bonchev–Trinajstić information content (AvgIpc) is 2.80. The highest BCUT2D eigenvalue weighted by molar-refractivity contribution is 6.31. The molecule has 0 bridgehead atoms. The summed E-state index contributed by atoms with van der Waals surface area (Å²) < 4.78 is 5.25. The lowest BCUT2D eigenvalue weighted by Gasteiger charge is -2.22.